The summed E-state index contributed by atoms with van der Waals surface area (Å²) < 4.78 is 25.1. The lowest BCUT2D eigenvalue weighted by molar-refractivity contribution is -0.134. The van der Waals surface area contributed by atoms with E-state index in [1.165, 1.54) is 6.92 Å². The molecule has 1 aliphatic rings. The topological polar surface area (TPSA) is 95.6 Å². The van der Waals surface area contributed by atoms with E-state index in [9.17, 15) is 18.0 Å². The van der Waals surface area contributed by atoms with Crippen LogP contribution in [0.3, 0.4) is 0 Å². The van der Waals surface area contributed by atoms with E-state index in [2.05, 4.69) is 10.0 Å². The third-order valence-corrected chi connectivity index (χ3v) is 4.89. The molecule has 1 aliphatic heterocycles. The number of sulfonamides is 1. The highest BCUT2D eigenvalue weighted by Crippen LogP contribution is 2.21. The van der Waals surface area contributed by atoms with Gasteiger partial charge in [-0.25, -0.2) is 8.42 Å². The Labute approximate surface area is 148 Å². The summed E-state index contributed by atoms with van der Waals surface area (Å²) >= 11 is 0. The van der Waals surface area contributed by atoms with Crippen LogP contribution >= 0.6 is 0 Å². The summed E-state index contributed by atoms with van der Waals surface area (Å²) in [6, 6.07) is 6.67. The molecule has 0 unspecified atom stereocenters. The van der Waals surface area contributed by atoms with Crippen molar-refractivity contribution >= 4 is 27.5 Å². The molecule has 2 N–H and O–H groups in total. The van der Waals surface area contributed by atoms with Crippen molar-refractivity contribution in [2.24, 2.45) is 5.92 Å². The summed E-state index contributed by atoms with van der Waals surface area (Å²) in [6.45, 7) is 4.52. The van der Waals surface area contributed by atoms with Gasteiger partial charge in [-0.2, -0.15) is 0 Å². The summed E-state index contributed by atoms with van der Waals surface area (Å²) in [5, 5.41) is 2.96. The van der Waals surface area contributed by atoms with Gasteiger partial charge in [0.2, 0.25) is 21.8 Å². The van der Waals surface area contributed by atoms with Gasteiger partial charge in [0.1, 0.15) is 0 Å². The second-order valence-corrected chi connectivity index (χ2v) is 8.28. The predicted octanol–water partition coefficient (Wildman–Crippen LogP) is 1.49. The number of carbonyl (C=O) groups excluding carboxylic acids is 2. The first kappa shape index (κ1) is 19.2. The fourth-order valence-electron chi connectivity index (χ4n) is 2.98. The van der Waals surface area contributed by atoms with Crippen molar-refractivity contribution in [2.75, 3.05) is 24.1 Å². The Kier molecular flexibility index (Phi) is 6.05. The van der Waals surface area contributed by atoms with Crippen molar-refractivity contribution in [1.82, 2.24) is 10.2 Å². The Hall–Kier alpha value is -2.09. The molecule has 138 valence electrons. The lowest BCUT2D eigenvalue weighted by Gasteiger charge is -2.32. The van der Waals surface area contributed by atoms with E-state index in [1.807, 2.05) is 13.0 Å². The zero-order valence-corrected chi connectivity index (χ0v) is 15.6. The van der Waals surface area contributed by atoms with Crippen molar-refractivity contribution in [2.45, 2.75) is 32.7 Å². The van der Waals surface area contributed by atoms with Crippen LogP contribution in [0.2, 0.25) is 0 Å². The van der Waals surface area contributed by atoms with Gasteiger partial charge >= 0.3 is 0 Å². The van der Waals surface area contributed by atoms with Crippen molar-refractivity contribution in [3.05, 3.63) is 29.8 Å². The molecule has 0 aromatic heterocycles. The van der Waals surface area contributed by atoms with Gasteiger partial charge in [0.05, 0.1) is 18.2 Å². The van der Waals surface area contributed by atoms with Crippen LogP contribution in [0.15, 0.2) is 24.3 Å². The first-order valence-corrected chi connectivity index (χ1v) is 10.2. The lowest BCUT2D eigenvalue weighted by atomic mass is 9.96. The molecule has 0 spiro atoms. The molecule has 8 heteroatoms. The van der Waals surface area contributed by atoms with Gasteiger partial charge in [-0.1, -0.05) is 12.1 Å². The lowest BCUT2D eigenvalue weighted by Crippen LogP contribution is -2.45. The molecule has 1 heterocycles. The van der Waals surface area contributed by atoms with Crippen LogP contribution < -0.4 is 10.0 Å². The Morgan fingerprint density at radius 1 is 1.32 bits per heavy atom. The number of nitrogens with zero attached hydrogens (tertiary/aromatic N) is 1. The van der Waals surface area contributed by atoms with Gasteiger partial charge in [0.25, 0.3) is 0 Å². The first-order valence-electron chi connectivity index (χ1n) is 8.29. The number of anilines is 1. The van der Waals surface area contributed by atoms with E-state index >= 15 is 0 Å². The highest BCUT2D eigenvalue weighted by Gasteiger charge is 2.27. The second kappa shape index (κ2) is 7.86. The SMILES string of the molecule is CC(=O)N1CCC[C@H](C(=O)N[C@@H](C)c2cccc(NS(C)(=O)=O)c2)C1. The average Bonchev–Trinajstić information content (AvgIpc) is 2.53. The fourth-order valence-corrected chi connectivity index (χ4v) is 3.53. The molecular formula is C17H25N3O4S. The minimum atomic E-state index is -3.35. The van der Waals surface area contributed by atoms with Crippen LogP contribution in [0, 0.1) is 5.92 Å². The van der Waals surface area contributed by atoms with Crippen molar-refractivity contribution in [1.29, 1.82) is 0 Å². The van der Waals surface area contributed by atoms with Crippen molar-refractivity contribution in [3.63, 3.8) is 0 Å². The maximum absolute atomic E-state index is 12.5. The summed E-state index contributed by atoms with van der Waals surface area (Å²) in [5.41, 5.74) is 1.27. The Balaban J connectivity index is 2.01. The number of likely N-dealkylation sites (tertiary alicyclic amines) is 1. The minimum Gasteiger partial charge on any atom is -0.349 e. The molecular weight excluding hydrogens is 342 g/mol. The van der Waals surface area contributed by atoms with E-state index < -0.39 is 10.0 Å². The van der Waals surface area contributed by atoms with Crippen LogP contribution in [0.4, 0.5) is 5.69 Å². The van der Waals surface area contributed by atoms with E-state index in [1.54, 1.807) is 23.1 Å². The van der Waals surface area contributed by atoms with Crippen molar-refractivity contribution in [3.8, 4) is 0 Å². The van der Waals surface area contributed by atoms with E-state index in [-0.39, 0.29) is 23.8 Å². The van der Waals surface area contributed by atoms with Crippen LogP contribution in [0.5, 0.6) is 0 Å². The quantitative estimate of drug-likeness (QED) is 0.824. The minimum absolute atomic E-state index is 0.00917. The molecule has 0 aliphatic carbocycles. The number of carbonyl (C=O) groups is 2. The van der Waals surface area contributed by atoms with Gasteiger partial charge < -0.3 is 10.2 Å². The van der Waals surface area contributed by atoms with Crippen LogP contribution in [0.25, 0.3) is 0 Å². The largest absolute Gasteiger partial charge is 0.349 e. The summed E-state index contributed by atoms with van der Waals surface area (Å²) in [6.07, 6.45) is 2.67. The molecule has 7 nitrogen and oxygen atoms in total. The normalized spacial score (nSPS) is 19.2. The molecule has 2 atom stereocenters. The smallest absolute Gasteiger partial charge is 0.229 e. The highest BCUT2D eigenvalue weighted by atomic mass is 32.2. The maximum Gasteiger partial charge on any atom is 0.229 e. The maximum atomic E-state index is 12.5. The number of amides is 2. The Morgan fingerprint density at radius 3 is 2.68 bits per heavy atom. The molecule has 2 rings (SSSR count). The van der Waals surface area contributed by atoms with Crippen LogP contribution in [-0.4, -0.2) is 44.5 Å². The average molecular weight is 367 g/mol. The third kappa shape index (κ3) is 5.74. The number of hydrogen-bond donors (Lipinski definition) is 2. The molecule has 0 bridgehead atoms. The van der Waals surface area contributed by atoms with Gasteiger partial charge in [0, 0.05) is 25.7 Å². The number of piperidine rings is 1. The first-order chi connectivity index (χ1) is 11.7. The van der Waals surface area contributed by atoms with Crippen molar-refractivity contribution < 1.29 is 18.0 Å². The Morgan fingerprint density at radius 2 is 2.04 bits per heavy atom. The molecule has 25 heavy (non-hydrogen) atoms. The fraction of sp³-hybridized carbons (Fsp3) is 0.529. The molecule has 0 saturated carbocycles. The van der Waals surface area contributed by atoms with Gasteiger partial charge in [0.15, 0.2) is 0 Å². The van der Waals surface area contributed by atoms with E-state index in [0.717, 1.165) is 24.7 Å². The van der Waals surface area contributed by atoms with E-state index in [0.29, 0.717) is 18.8 Å². The number of nitrogens with one attached hydrogen (secondary N) is 2. The Bertz CT molecular complexity index is 748. The third-order valence-electron chi connectivity index (χ3n) is 4.29. The van der Waals surface area contributed by atoms with Crippen LogP contribution in [-0.2, 0) is 19.6 Å². The monoisotopic (exact) mass is 367 g/mol. The molecule has 0 radical (unpaired) electrons. The molecule has 1 aromatic carbocycles. The highest BCUT2D eigenvalue weighted by molar-refractivity contribution is 7.92. The van der Waals surface area contributed by atoms with Crippen LogP contribution in [0.1, 0.15) is 38.3 Å². The molecule has 1 saturated heterocycles. The predicted molar refractivity (Wildman–Crippen MR) is 96.4 cm³/mol. The van der Waals surface area contributed by atoms with Gasteiger partial charge in [-0.15, -0.1) is 0 Å². The second-order valence-electron chi connectivity index (χ2n) is 6.53. The summed E-state index contributed by atoms with van der Waals surface area (Å²) in [7, 11) is -3.35. The summed E-state index contributed by atoms with van der Waals surface area (Å²) in [5.74, 6) is -0.303. The zero-order valence-electron chi connectivity index (χ0n) is 14.8. The molecule has 1 fully saturated rings. The van der Waals surface area contributed by atoms with Gasteiger partial charge in [-0.05, 0) is 37.5 Å². The zero-order chi connectivity index (χ0) is 18.6. The molecule has 2 amide bonds. The van der Waals surface area contributed by atoms with Gasteiger partial charge in [-0.3, -0.25) is 14.3 Å². The number of hydrogen-bond acceptors (Lipinski definition) is 4. The summed E-state index contributed by atoms with van der Waals surface area (Å²) in [4.78, 5) is 25.7. The standard InChI is InChI=1S/C17H25N3O4S/c1-12(14-6-4-8-16(10-14)19-25(3,23)24)18-17(22)15-7-5-9-20(11-15)13(2)21/h4,6,8,10,12,15,19H,5,7,9,11H2,1-3H3,(H,18,22)/t12-,15-/m0/s1. The molecule has 1 aromatic rings. The number of rotatable bonds is 5. The number of benzene rings is 1. The van der Waals surface area contributed by atoms with E-state index in [4.69, 9.17) is 0 Å².